The molecule has 0 aromatic heterocycles. The van der Waals surface area contributed by atoms with Crippen molar-refractivity contribution in [2.75, 3.05) is 26.9 Å². The molecule has 0 spiro atoms. The van der Waals surface area contributed by atoms with Crippen LogP contribution in [0.2, 0.25) is 0 Å². The third kappa shape index (κ3) is 9.93. The van der Waals surface area contributed by atoms with Crippen LogP contribution in [0.4, 0.5) is 4.79 Å². The molecule has 3 atom stereocenters. The number of carbonyl (C=O) groups excluding carboxylic acids is 2. The van der Waals surface area contributed by atoms with E-state index in [1.165, 1.54) is 7.11 Å². The van der Waals surface area contributed by atoms with Gasteiger partial charge in [-0.15, -0.1) is 0 Å². The standard InChI is InChI=1S/C27H37NO6/c1-27(2,3)34-26(31)28-24(25(30)32-4)19-33-18-23(16-21-13-9-6-10-14-21)22(17-29)15-20-11-7-5-8-12-20/h5-14,22-24,29H,15-19H2,1-4H3,(H,28,31)/t22-,23-,24?/m0/s1. The minimum Gasteiger partial charge on any atom is -0.467 e. The second-order valence-corrected chi connectivity index (χ2v) is 9.34. The average molecular weight is 472 g/mol. The second-order valence-electron chi connectivity index (χ2n) is 9.34. The van der Waals surface area contributed by atoms with Crippen LogP contribution in [-0.4, -0.2) is 55.7 Å². The molecule has 186 valence electrons. The van der Waals surface area contributed by atoms with Crippen molar-refractivity contribution in [3.8, 4) is 0 Å². The maximum atomic E-state index is 12.2. The SMILES string of the molecule is COC(=O)C(COC[C@H](Cc1ccccc1)[C@H](CO)Cc1ccccc1)NC(=O)OC(C)(C)C. The van der Waals surface area contributed by atoms with Gasteiger partial charge in [0.2, 0.25) is 0 Å². The molecule has 0 bridgehead atoms. The number of benzene rings is 2. The zero-order chi connectivity index (χ0) is 25.0. The number of nitrogens with one attached hydrogen (secondary N) is 1. The number of methoxy groups -OCH3 is 1. The van der Waals surface area contributed by atoms with Gasteiger partial charge in [-0.25, -0.2) is 9.59 Å². The van der Waals surface area contributed by atoms with Crippen molar-refractivity contribution in [2.45, 2.75) is 45.3 Å². The van der Waals surface area contributed by atoms with Crippen LogP contribution in [0, 0.1) is 11.8 Å². The Morgan fingerprint density at radius 1 is 0.882 bits per heavy atom. The summed E-state index contributed by atoms with van der Waals surface area (Å²) in [6, 6.07) is 19.0. The highest BCUT2D eigenvalue weighted by molar-refractivity contribution is 5.81. The first kappa shape index (κ1) is 27.3. The van der Waals surface area contributed by atoms with Crippen molar-refractivity contribution in [3.05, 3.63) is 71.8 Å². The first-order valence-corrected chi connectivity index (χ1v) is 11.6. The van der Waals surface area contributed by atoms with E-state index in [0.717, 1.165) is 11.1 Å². The molecule has 2 rings (SSSR count). The minimum atomic E-state index is -1.00. The highest BCUT2D eigenvalue weighted by Crippen LogP contribution is 2.23. The molecule has 0 aliphatic heterocycles. The Bertz CT molecular complexity index is 866. The largest absolute Gasteiger partial charge is 0.467 e. The predicted octanol–water partition coefficient (Wildman–Crippen LogP) is 3.78. The van der Waals surface area contributed by atoms with Gasteiger partial charge in [-0.05, 0) is 56.6 Å². The van der Waals surface area contributed by atoms with Gasteiger partial charge in [0.25, 0.3) is 0 Å². The summed E-state index contributed by atoms with van der Waals surface area (Å²) in [4.78, 5) is 24.4. The van der Waals surface area contributed by atoms with Gasteiger partial charge in [-0.3, -0.25) is 0 Å². The fourth-order valence-corrected chi connectivity index (χ4v) is 3.67. The van der Waals surface area contributed by atoms with Crippen LogP contribution in [-0.2, 0) is 31.8 Å². The maximum absolute atomic E-state index is 12.2. The van der Waals surface area contributed by atoms with Gasteiger partial charge in [0.15, 0.2) is 6.04 Å². The molecule has 0 saturated heterocycles. The van der Waals surface area contributed by atoms with Gasteiger partial charge in [0.05, 0.1) is 20.3 Å². The minimum absolute atomic E-state index is 0.00629. The molecule has 0 aliphatic rings. The maximum Gasteiger partial charge on any atom is 0.408 e. The summed E-state index contributed by atoms with van der Waals surface area (Å²) in [7, 11) is 1.26. The zero-order valence-corrected chi connectivity index (χ0v) is 20.5. The van der Waals surface area contributed by atoms with Crippen LogP contribution in [0.1, 0.15) is 31.9 Å². The second kappa shape index (κ2) is 13.7. The van der Waals surface area contributed by atoms with Crippen molar-refractivity contribution in [2.24, 2.45) is 11.8 Å². The Kier molecular flexibility index (Phi) is 11.0. The summed E-state index contributed by atoms with van der Waals surface area (Å²) in [6.45, 7) is 5.47. The summed E-state index contributed by atoms with van der Waals surface area (Å²) in [5.74, 6) is -0.668. The number of alkyl carbamates (subject to hydrolysis) is 1. The van der Waals surface area contributed by atoms with Crippen LogP contribution < -0.4 is 5.32 Å². The average Bonchev–Trinajstić information content (AvgIpc) is 2.81. The number of aliphatic hydroxyl groups excluding tert-OH is 1. The summed E-state index contributed by atoms with van der Waals surface area (Å²) < 4.78 is 16.0. The van der Waals surface area contributed by atoms with Gasteiger partial charge < -0.3 is 24.6 Å². The van der Waals surface area contributed by atoms with E-state index in [1.807, 2.05) is 60.7 Å². The third-order valence-corrected chi connectivity index (χ3v) is 5.38. The van der Waals surface area contributed by atoms with E-state index in [1.54, 1.807) is 20.8 Å². The molecule has 2 N–H and O–H groups in total. The van der Waals surface area contributed by atoms with E-state index < -0.39 is 23.7 Å². The molecule has 0 saturated carbocycles. The van der Waals surface area contributed by atoms with Crippen LogP contribution in [0.15, 0.2) is 60.7 Å². The molecule has 1 unspecified atom stereocenters. The molecule has 2 aromatic rings. The lowest BCUT2D eigenvalue weighted by Crippen LogP contribution is -2.47. The lowest BCUT2D eigenvalue weighted by molar-refractivity contribution is -0.145. The summed E-state index contributed by atoms with van der Waals surface area (Å²) >= 11 is 0. The topological polar surface area (TPSA) is 94.1 Å². The molecule has 0 radical (unpaired) electrons. The Hall–Kier alpha value is -2.90. The summed E-state index contributed by atoms with van der Waals surface area (Å²) in [5, 5.41) is 12.7. The van der Waals surface area contributed by atoms with Crippen molar-refractivity contribution in [3.63, 3.8) is 0 Å². The Balaban J connectivity index is 2.07. The lowest BCUT2D eigenvalue weighted by atomic mass is 9.83. The smallest absolute Gasteiger partial charge is 0.408 e. The third-order valence-electron chi connectivity index (χ3n) is 5.38. The predicted molar refractivity (Wildman–Crippen MR) is 130 cm³/mol. The van der Waals surface area contributed by atoms with Gasteiger partial charge >= 0.3 is 12.1 Å². The number of hydrogen-bond acceptors (Lipinski definition) is 6. The molecule has 1 amide bonds. The zero-order valence-electron chi connectivity index (χ0n) is 20.5. The quantitative estimate of drug-likeness (QED) is 0.458. The number of rotatable bonds is 12. The van der Waals surface area contributed by atoms with Gasteiger partial charge in [-0.1, -0.05) is 60.7 Å². The molecule has 0 heterocycles. The monoisotopic (exact) mass is 471 g/mol. The highest BCUT2D eigenvalue weighted by Gasteiger charge is 2.27. The molecule has 2 aromatic carbocycles. The number of carbonyl (C=O) groups is 2. The number of ether oxygens (including phenoxy) is 3. The normalized spacial score (nSPS) is 14.0. The first-order chi connectivity index (χ1) is 16.2. The van der Waals surface area contributed by atoms with Crippen LogP contribution >= 0.6 is 0 Å². The molecule has 0 fully saturated rings. The van der Waals surface area contributed by atoms with Crippen LogP contribution in [0.25, 0.3) is 0 Å². The fourth-order valence-electron chi connectivity index (χ4n) is 3.67. The number of hydrogen-bond donors (Lipinski definition) is 2. The molecule has 7 heteroatoms. The Morgan fingerprint density at radius 2 is 1.41 bits per heavy atom. The van der Waals surface area contributed by atoms with Crippen molar-refractivity contribution >= 4 is 12.1 Å². The van der Waals surface area contributed by atoms with Crippen molar-refractivity contribution < 1.29 is 28.9 Å². The molecular formula is C27H37NO6. The number of esters is 1. The van der Waals surface area contributed by atoms with E-state index >= 15 is 0 Å². The molecule has 7 nitrogen and oxygen atoms in total. The van der Waals surface area contributed by atoms with Gasteiger partial charge in [0, 0.05) is 6.61 Å². The Labute approximate surface area is 202 Å². The van der Waals surface area contributed by atoms with Gasteiger partial charge in [0.1, 0.15) is 5.60 Å². The molecular weight excluding hydrogens is 434 g/mol. The van der Waals surface area contributed by atoms with Crippen molar-refractivity contribution in [1.29, 1.82) is 0 Å². The van der Waals surface area contributed by atoms with Crippen molar-refractivity contribution in [1.82, 2.24) is 5.32 Å². The highest BCUT2D eigenvalue weighted by atomic mass is 16.6. The Morgan fingerprint density at radius 3 is 1.88 bits per heavy atom. The molecule has 34 heavy (non-hydrogen) atoms. The summed E-state index contributed by atoms with van der Waals surface area (Å²) in [6.07, 6.45) is 0.695. The lowest BCUT2D eigenvalue weighted by Gasteiger charge is -2.27. The van der Waals surface area contributed by atoms with E-state index in [2.05, 4.69) is 5.32 Å². The van der Waals surface area contributed by atoms with E-state index in [0.29, 0.717) is 19.4 Å². The first-order valence-electron chi connectivity index (χ1n) is 11.6. The van der Waals surface area contributed by atoms with E-state index in [4.69, 9.17) is 14.2 Å². The van der Waals surface area contributed by atoms with E-state index in [-0.39, 0.29) is 25.0 Å². The summed E-state index contributed by atoms with van der Waals surface area (Å²) in [5.41, 5.74) is 1.58. The number of aliphatic hydroxyl groups is 1. The van der Waals surface area contributed by atoms with E-state index in [9.17, 15) is 14.7 Å². The van der Waals surface area contributed by atoms with Gasteiger partial charge in [-0.2, -0.15) is 0 Å². The number of amides is 1. The van der Waals surface area contributed by atoms with Crippen LogP contribution in [0.5, 0.6) is 0 Å². The fraction of sp³-hybridized carbons (Fsp3) is 0.481. The van der Waals surface area contributed by atoms with Crippen LogP contribution in [0.3, 0.4) is 0 Å². The molecule has 0 aliphatic carbocycles.